The van der Waals surface area contributed by atoms with Crippen molar-refractivity contribution in [3.63, 3.8) is 0 Å². The van der Waals surface area contributed by atoms with Crippen LogP contribution in [0.2, 0.25) is 0 Å². The number of carbonyl (C=O) groups is 2. The van der Waals surface area contributed by atoms with E-state index in [1.165, 1.54) is 19.1 Å². The maximum Gasteiger partial charge on any atom is 0.223 e. The molecule has 2 aromatic carbocycles. The van der Waals surface area contributed by atoms with E-state index in [-0.39, 0.29) is 24.1 Å². The standard InChI is InChI=1S/C21H25FN2O2/c1-15-4-9-20(14-16(15)2)24(17(3)25)13-11-21(26)23-12-10-18-5-7-19(22)8-6-18/h4-9,14H,10-13H2,1-3H3,(H,23,26). The second kappa shape index (κ2) is 9.13. The van der Waals surface area contributed by atoms with Crippen molar-refractivity contribution in [2.45, 2.75) is 33.6 Å². The Morgan fingerprint density at radius 2 is 1.73 bits per heavy atom. The molecular formula is C21H25FN2O2. The number of benzene rings is 2. The maximum atomic E-state index is 12.9. The fourth-order valence-corrected chi connectivity index (χ4v) is 2.66. The minimum absolute atomic E-state index is 0.0904. The van der Waals surface area contributed by atoms with Crippen LogP contribution in [0.25, 0.3) is 0 Å². The summed E-state index contributed by atoms with van der Waals surface area (Å²) in [7, 11) is 0. The average molecular weight is 356 g/mol. The first kappa shape index (κ1) is 19.6. The van der Waals surface area contributed by atoms with E-state index < -0.39 is 0 Å². The Morgan fingerprint density at radius 3 is 2.35 bits per heavy atom. The number of carbonyl (C=O) groups excluding carboxylic acids is 2. The first-order valence-electron chi connectivity index (χ1n) is 8.73. The molecule has 0 saturated heterocycles. The summed E-state index contributed by atoms with van der Waals surface area (Å²) in [4.78, 5) is 25.6. The van der Waals surface area contributed by atoms with Gasteiger partial charge in [0.2, 0.25) is 11.8 Å². The number of halogens is 1. The highest BCUT2D eigenvalue weighted by Crippen LogP contribution is 2.19. The molecule has 0 fully saturated rings. The van der Waals surface area contributed by atoms with Crippen LogP contribution in [-0.2, 0) is 16.0 Å². The minimum Gasteiger partial charge on any atom is -0.356 e. The van der Waals surface area contributed by atoms with Crippen LogP contribution in [-0.4, -0.2) is 24.9 Å². The van der Waals surface area contributed by atoms with Crippen molar-refractivity contribution in [3.8, 4) is 0 Å². The Labute approximate surface area is 154 Å². The maximum absolute atomic E-state index is 12.9. The van der Waals surface area contributed by atoms with Crippen LogP contribution in [0.1, 0.15) is 30.0 Å². The van der Waals surface area contributed by atoms with Crippen LogP contribution >= 0.6 is 0 Å². The SMILES string of the molecule is CC(=O)N(CCC(=O)NCCc1ccc(F)cc1)c1ccc(C)c(C)c1. The molecule has 0 aliphatic carbocycles. The zero-order valence-corrected chi connectivity index (χ0v) is 15.5. The van der Waals surface area contributed by atoms with Gasteiger partial charge in [0.25, 0.3) is 0 Å². The lowest BCUT2D eigenvalue weighted by Crippen LogP contribution is -2.34. The molecule has 0 aromatic heterocycles. The highest BCUT2D eigenvalue weighted by atomic mass is 19.1. The van der Waals surface area contributed by atoms with E-state index in [0.717, 1.165) is 22.4 Å². The predicted molar refractivity (Wildman–Crippen MR) is 102 cm³/mol. The Balaban J connectivity index is 1.84. The molecule has 0 aliphatic rings. The summed E-state index contributed by atoms with van der Waals surface area (Å²) in [5, 5.41) is 2.84. The van der Waals surface area contributed by atoms with Crippen LogP contribution < -0.4 is 10.2 Å². The Hall–Kier alpha value is -2.69. The summed E-state index contributed by atoms with van der Waals surface area (Å²) >= 11 is 0. The van der Waals surface area contributed by atoms with Gasteiger partial charge in [0.05, 0.1) is 0 Å². The van der Waals surface area contributed by atoms with Gasteiger partial charge in [-0.1, -0.05) is 18.2 Å². The Kier molecular flexibility index (Phi) is 6.89. The van der Waals surface area contributed by atoms with Gasteiger partial charge in [-0.15, -0.1) is 0 Å². The molecule has 0 saturated carbocycles. The van der Waals surface area contributed by atoms with Gasteiger partial charge in [0, 0.05) is 32.1 Å². The van der Waals surface area contributed by atoms with Gasteiger partial charge in [0.15, 0.2) is 0 Å². The largest absolute Gasteiger partial charge is 0.356 e. The van der Waals surface area contributed by atoms with Crippen molar-refractivity contribution in [1.82, 2.24) is 5.32 Å². The minimum atomic E-state index is -0.270. The van der Waals surface area contributed by atoms with Crippen molar-refractivity contribution in [1.29, 1.82) is 0 Å². The molecule has 1 N–H and O–H groups in total. The number of aryl methyl sites for hydroxylation is 2. The monoisotopic (exact) mass is 356 g/mol. The second-order valence-corrected chi connectivity index (χ2v) is 6.42. The van der Waals surface area contributed by atoms with E-state index in [1.807, 2.05) is 32.0 Å². The molecule has 2 rings (SSSR count). The third-order valence-electron chi connectivity index (χ3n) is 4.39. The van der Waals surface area contributed by atoms with Gasteiger partial charge < -0.3 is 10.2 Å². The predicted octanol–water partition coefficient (Wildman–Crippen LogP) is 3.54. The summed E-state index contributed by atoms with van der Waals surface area (Å²) < 4.78 is 12.9. The molecule has 0 radical (unpaired) electrons. The molecule has 26 heavy (non-hydrogen) atoms. The molecule has 0 spiro atoms. The summed E-state index contributed by atoms with van der Waals surface area (Å²) in [6, 6.07) is 12.1. The van der Waals surface area contributed by atoms with E-state index in [1.54, 1.807) is 17.0 Å². The van der Waals surface area contributed by atoms with E-state index in [4.69, 9.17) is 0 Å². The molecule has 138 valence electrons. The lowest BCUT2D eigenvalue weighted by Gasteiger charge is -2.22. The summed E-state index contributed by atoms with van der Waals surface area (Å²) in [5.41, 5.74) is 4.04. The highest BCUT2D eigenvalue weighted by Gasteiger charge is 2.14. The first-order chi connectivity index (χ1) is 12.4. The Bertz CT molecular complexity index is 772. The van der Waals surface area contributed by atoms with Crippen LogP contribution in [0, 0.1) is 19.7 Å². The molecule has 0 unspecified atom stereocenters. The second-order valence-electron chi connectivity index (χ2n) is 6.42. The Morgan fingerprint density at radius 1 is 1.04 bits per heavy atom. The lowest BCUT2D eigenvalue weighted by molar-refractivity contribution is -0.121. The molecular weight excluding hydrogens is 331 g/mol. The summed E-state index contributed by atoms with van der Waals surface area (Å²) in [6.07, 6.45) is 0.871. The smallest absolute Gasteiger partial charge is 0.223 e. The van der Waals surface area contributed by atoms with Crippen molar-refractivity contribution in [2.75, 3.05) is 18.0 Å². The van der Waals surface area contributed by atoms with Gasteiger partial charge in [-0.05, 0) is 61.2 Å². The summed E-state index contributed by atoms with van der Waals surface area (Å²) in [6.45, 7) is 6.33. The average Bonchev–Trinajstić information content (AvgIpc) is 2.59. The third kappa shape index (κ3) is 5.69. The first-order valence-corrected chi connectivity index (χ1v) is 8.73. The van der Waals surface area contributed by atoms with Gasteiger partial charge in [-0.2, -0.15) is 0 Å². The van der Waals surface area contributed by atoms with Crippen molar-refractivity contribution in [3.05, 3.63) is 65.0 Å². The van der Waals surface area contributed by atoms with Crippen LogP contribution in [0.5, 0.6) is 0 Å². The lowest BCUT2D eigenvalue weighted by atomic mass is 10.1. The van der Waals surface area contributed by atoms with Gasteiger partial charge in [0.1, 0.15) is 5.82 Å². The molecule has 4 nitrogen and oxygen atoms in total. The molecule has 5 heteroatoms. The summed E-state index contributed by atoms with van der Waals surface area (Å²) in [5.74, 6) is -0.469. The normalized spacial score (nSPS) is 10.5. The zero-order chi connectivity index (χ0) is 19.1. The molecule has 0 aliphatic heterocycles. The molecule has 0 bridgehead atoms. The van der Waals surface area contributed by atoms with E-state index in [2.05, 4.69) is 5.32 Å². The zero-order valence-electron chi connectivity index (χ0n) is 15.5. The van der Waals surface area contributed by atoms with Crippen LogP contribution in [0.3, 0.4) is 0 Å². The number of nitrogens with one attached hydrogen (secondary N) is 1. The number of hydrogen-bond acceptors (Lipinski definition) is 2. The molecule has 2 amide bonds. The third-order valence-corrected chi connectivity index (χ3v) is 4.39. The van der Waals surface area contributed by atoms with E-state index in [9.17, 15) is 14.0 Å². The number of anilines is 1. The number of nitrogens with zero attached hydrogens (tertiary/aromatic N) is 1. The molecule has 0 atom stereocenters. The van der Waals surface area contributed by atoms with Crippen molar-refractivity contribution >= 4 is 17.5 Å². The van der Waals surface area contributed by atoms with E-state index >= 15 is 0 Å². The van der Waals surface area contributed by atoms with Crippen molar-refractivity contribution in [2.24, 2.45) is 0 Å². The van der Waals surface area contributed by atoms with Crippen LogP contribution in [0.15, 0.2) is 42.5 Å². The van der Waals surface area contributed by atoms with Gasteiger partial charge in [-0.3, -0.25) is 9.59 Å². The van der Waals surface area contributed by atoms with Crippen molar-refractivity contribution < 1.29 is 14.0 Å². The molecule has 2 aromatic rings. The van der Waals surface area contributed by atoms with Gasteiger partial charge in [-0.25, -0.2) is 4.39 Å². The van der Waals surface area contributed by atoms with E-state index in [0.29, 0.717) is 19.5 Å². The number of hydrogen-bond donors (Lipinski definition) is 1. The topological polar surface area (TPSA) is 49.4 Å². The quantitative estimate of drug-likeness (QED) is 0.825. The highest BCUT2D eigenvalue weighted by molar-refractivity contribution is 5.92. The fourth-order valence-electron chi connectivity index (χ4n) is 2.66. The van der Waals surface area contributed by atoms with Gasteiger partial charge >= 0.3 is 0 Å². The number of rotatable bonds is 7. The van der Waals surface area contributed by atoms with Crippen LogP contribution in [0.4, 0.5) is 10.1 Å². The fraction of sp³-hybridized carbons (Fsp3) is 0.333. The molecule has 0 heterocycles. The number of amides is 2.